The number of carbonyl (C=O) groups excluding carboxylic acids is 1. The Hall–Kier alpha value is -3.01. The molecule has 0 saturated carbocycles. The Morgan fingerprint density at radius 3 is 2.10 bits per heavy atom. The van der Waals surface area contributed by atoms with Crippen LogP contribution in [0.5, 0.6) is 17.2 Å². The van der Waals surface area contributed by atoms with Gasteiger partial charge in [0.15, 0.2) is 5.78 Å². The fourth-order valence-electron chi connectivity index (χ4n) is 2.71. The van der Waals surface area contributed by atoms with E-state index in [1.807, 2.05) is 46.8 Å². The van der Waals surface area contributed by atoms with Crippen molar-refractivity contribution >= 4 is 11.9 Å². The number of hydrogen-bond donors (Lipinski definition) is 0. The molecule has 0 amide bonds. The molecule has 2 aromatic carbocycles. The Kier molecular flexibility index (Phi) is 7.66. The number of ketones is 1. The van der Waals surface area contributed by atoms with E-state index in [1.165, 1.54) is 0 Å². The molecule has 0 fully saturated rings. The number of aryl methyl sites for hydroxylation is 1. The lowest BCUT2D eigenvalue weighted by atomic mass is 10.1. The van der Waals surface area contributed by atoms with Crippen molar-refractivity contribution in [3.63, 3.8) is 0 Å². The lowest BCUT2D eigenvalue weighted by Crippen LogP contribution is -2.10. The number of carbonyl (C=O) groups is 1. The van der Waals surface area contributed by atoms with E-state index in [4.69, 9.17) is 14.2 Å². The summed E-state index contributed by atoms with van der Waals surface area (Å²) in [7, 11) is 0. The molecule has 0 aliphatic carbocycles. The van der Waals surface area contributed by atoms with Crippen molar-refractivity contribution in [1.82, 2.24) is 0 Å². The highest BCUT2D eigenvalue weighted by molar-refractivity contribution is 6.07. The zero-order valence-electron chi connectivity index (χ0n) is 18.1. The summed E-state index contributed by atoms with van der Waals surface area (Å²) >= 11 is 0. The van der Waals surface area contributed by atoms with E-state index in [1.54, 1.807) is 43.3 Å². The molecule has 0 spiro atoms. The van der Waals surface area contributed by atoms with E-state index in [0.717, 1.165) is 16.9 Å². The zero-order chi connectivity index (χ0) is 21.6. The standard InChI is InChI=1S/C25H30O4/c1-16(2)27-22-11-8-20(9-12-22)23(26)13-10-21-14-19(7)24(28-17(3)4)15-25(21)29-18(5)6/h8-15,17-18H,1H2,2-7H3. The molecule has 0 N–H and O–H groups in total. The SMILES string of the molecule is C=C(C)Oc1ccc(C(=O)C=Cc2cc(C)c(OC(C)C)cc2OC(C)C)cc1. The van der Waals surface area contributed by atoms with E-state index in [9.17, 15) is 4.79 Å². The van der Waals surface area contributed by atoms with Crippen LogP contribution in [0.2, 0.25) is 0 Å². The van der Waals surface area contributed by atoms with Gasteiger partial charge in [-0.25, -0.2) is 0 Å². The van der Waals surface area contributed by atoms with Crippen LogP contribution in [0.15, 0.2) is 54.8 Å². The van der Waals surface area contributed by atoms with Gasteiger partial charge < -0.3 is 14.2 Å². The molecule has 154 valence electrons. The summed E-state index contributed by atoms with van der Waals surface area (Å²) in [5, 5.41) is 0. The molecule has 4 heteroatoms. The average Bonchev–Trinajstić information content (AvgIpc) is 2.62. The van der Waals surface area contributed by atoms with Crippen molar-refractivity contribution in [3.05, 3.63) is 71.5 Å². The highest BCUT2D eigenvalue weighted by atomic mass is 16.5. The maximum absolute atomic E-state index is 12.6. The van der Waals surface area contributed by atoms with Gasteiger partial charge in [0.05, 0.1) is 18.0 Å². The van der Waals surface area contributed by atoms with Crippen LogP contribution >= 0.6 is 0 Å². The third-order valence-electron chi connectivity index (χ3n) is 3.88. The molecule has 2 aromatic rings. The topological polar surface area (TPSA) is 44.8 Å². The second-order valence-corrected chi connectivity index (χ2v) is 7.51. The first-order valence-corrected chi connectivity index (χ1v) is 9.79. The van der Waals surface area contributed by atoms with Gasteiger partial charge >= 0.3 is 0 Å². The van der Waals surface area contributed by atoms with E-state index in [0.29, 0.717) is 22.8 Å². The molecular weight excluding hydrogens is 364 g/mol. The summed E-state index contributed by atoms with van der Waals surface area (Å²) < 4.78 is 17.2. The third-order valence-corrected chi connectivity index (χ3v) is 3.88. The van der Waals surface area contributed by atoms with Crippen LogP contribution in [-0.4, -0.2) is 18.0 Å². The van der Waals surface area contributed by atoms with Gasteiger partial charge in [-0.1, -0.05) is 6.58 Å². The highest BCUT2D eigenvalue weighted by Gasteiger charge is 2.11. The fourth-order valence-corrected chi connectivity index (χ4v) is 2.71. The number of allylic oxidation sites excluding steroid dienone is 2. The quantitative estimate of drug-likeness (QED) is 0.281. The van der Waals surface area contributed by atoms with Crippen LogP contribution in [0.3, 0.4) is 0 Å². The molecule has 0 aliphatic rings. The maximum Gasteiger partial charge on any atom is 0.185 e. The second-order valence-electron chi connectivity index (χ2n) is 7.51. The number of hydrogen-bond acceptors (Lipinski definition) is 4. The molecule has 29 heavy (non-hydrogen) atoms. The van der Waals surface area contributed by atoms with Crippen LogP contribution in [0.4, 0.5) is 0 Å². The van der Waals surface area contributed by atoms with Gasteiger partial charge in [-0.05, 0) is 89.6 Å². The van der Waals surface area contributed by atoms with Gasteiger partial charge in [-0.2, -0.15) is 0 Å². The van der Waals surface area contributed by atoms with E-state index >= 15 is 0 Å². The van der Waals surface area contributed by atoms with Gasteiger partial charge in [0.2, 0.25) is 0 Å². The Balaban J connectivity index is 2.26. The minimum Gasteiger partial charge on any atom is -0.491 e. The van der Waals surface area contributed by atoms with Gasteiger partial charge in [-0.15, -0.1) is 0 Å². The average molecular weight is 395 g/mol. The molecule has 0 unspecified atom stereocenters. The summed E-state index contributed by atoms with van der Waals surface area (Å²) in [4.78, 5) is 12.6. The molecule has 0 heterocycles. The lowest BCUT2D eigenvalue weighted by Gasteiger charge is -2.18. The van der Waals surface area contributed by atoms with Gasteiger partial charge in [-0.3, -0.25) is 4.79 Å². The van der Waals surface area contributed by atoms with Crippen molar-refractivity contribution < 1.29 is 19.0 Å². The molecule has 4 nitrogen and oxygen atoms in total. The molecule has 0 aliphatic heterocycles. The van der Waals surface area contributed by atoms with Crippen molar-refractivity contribution in [1.29, 1.82) is 0 Å². The summed E-state index contributed by atoms with van der Waals surface area (Å²) in [5.74, 6) is 2.63. The molecule has 0 atom stereocenters. The molecule has 0 aromatic heterocycles. The van der Waals surface area contributed by atoms with Crippen LogP contribution in [0.25, 0.3) is 6.08 Å². The first kappa shape index (κ1) is 22.3. The third kappa shape index (κ3) is 6.83. The summed E-state index contributed by atoms with van der Waals surface area (Å²) in [6.07, 6.45) is 3.41. The maximum atomic E-state index is 12.6. The normalized spacial score (nSPS) is 11.2. The van der Waals surface area contributed by atoms with E-state index in [2.05, 4.69) is 6.58 Å². The van der Waals surface area contributed by atoms with Crippen molar-refractivity contribution in [2.75, 3.05) is 0 Å². The van der Waals surface area contributed by atoms with Crippen molar-refractivity contribution in [2.24, 2.45) is 0 Å². The zero-order valence-corrected chi connectivity index (χ0v) is 18.1. The number of rotatable bonds is 9. The molecule has 0 radical (unpaired) electrons. The Morgan fingerprint density at radius 1 is 0.966 bits per heavy atom. The summed E-state index contributed by atoms with van der Waals surface area (Å²) in [5.41, 5.74) is 2.41. The predicted molar refractivity (Wildman–Crippen MR) is 118 cm³/mol. The highest BCUT2D eigenvalue weighted by Crippen LogP contribution is 2.31. The second kappa shape index (κ2) is 9.97. The van der Waals surface area contributed by atoms with Crippen LogP contribution in [0.1, 0.15) is 56.1 Å². The Labute approximate surface area is 173 Å². The fraction of sp³-hybridized carbons (Fsp3) is 0.320. The first-order chi connectivity index (χ1) is 13.7. The van der Waals surface area contributed by atoms with Crippen molar-refractivity contribution in [2.45, 2.75) is 53.8 Å². The monoisotopic (exact) mass is 394 g/mol. The summed E-state index contributed by atoms with van der Waals surface area (Å²) in [6.45, 7) is 15.4. The van der Waals surface area contributed by atoms with Crippen LogP contribution in [0, 0.1) is 6.92 Å². The lowest BCUT2D eigenvalue weighted by molar-refractivity contribution is 0.104. The molecule has 0 bridgehead atoms. The smallest absolute Gasteiger partial charge is 0.185 e. The molecular formula is C25H30O4. The Bertz CT molecular complexity index is 890. The minimum absolute atomic E-state index is 0.00770. The predicted octanol–water partition coefficient (Wildman–Crippen LogP) is 6.38. The van der Waals surface area contributed by atoms with E-state index < -0.39 is 0 Å². The number of benzene rings is 2. The van der Waals surface area contributed by atoms with E-state index in [-0.39, 0.29) is 18.0 Å². The molecule has 0 saturated heterocycles. The van der Waals surface area contributed by atoms with Crippen molar-refractivity contribution in [3.8, 4) is 17.2 Å². The largest absolute Gasteiger partial charge is 0.491 e. The van der Waals surface area contributed by atoms with Gasteiger partial charge in [0.25, 0.3) is 0 Å². The first-order valence-electron chi connectivity index (χ1n) is 9.79. The van der Waals surface area contributed by atoms with Gasteiger partial charge in [0, 0.05) is 17.2 Å². The minimum atomic E-state index is -0.0949. The van der Waals surface area contributed by atoms with Crippen LogP contribution in [-0.2, 0) is 0 Å². The summed E-state index contributed by atoms with van der Waals surface area (Å²) in [6, 6.07) is 10.9. The van der Waals surface area contributed by atoms with Crippen LogP contribution < -0.4 is 14.2 Å². The number of ether oxygens (including phenoxy) is 3. The molecule has 2 rings (SSSR count). The van der Waals surface area contributed by atoms with Gasteiger partial charge in [0.1, 0.15) is 17.2 Å². The Morgan fingerprint density at radius 2 is 1.55 bits per heavy atom.